The molecule has 242 valence electrons. The van der Waals surface area contributed by atoms with Gasteiger partial charge in [0.1, 0.15) is 5.82 Å². The van der Waals surface area contributed by atoms with E-state index < -0.39 is 29.0 Å². The van der Waals surface area contributed by atoms with Crippen molar-refractivity contribution in [3.8, 4) is 0 Å². The van der Waals surface area contributed by atoms with Crippen LogP contribution >= 0.6 is 11.6 Å². The molecule has 1 saturated carbocycles. The van der Waals surface area contributed by atoms with Crippen LogP contribution < -0.4 is 0 Å². The number of fused-ring (bicyclic) bond motifs is 8. The molecular formula is C36H49ClFNO5. The third kappa shape index (κ3) is 7.80. The van der Waals surface area contributed by atoms with E-state index in [2.05, 4.69) is 26.8 Å². The van der Waals surface area contributed by atoms with E-state index in [-0.39, 0.29) is 41.9 Å². The van der Waals surface area contributed by atoms with Gasteiger partial charge in [0.2, 0.25) is 0 Å². The Labute approximate surface area is 266 Å². The van der Waals surface area contributed by atoms with Gasteiger partial charge in [-0.3, -0.25) is 9.69 Å². The highest BCUT2D eigenvalue weighted by Crippen LogP contribution is 2.58. The van der Waals surface area contributed by atoms with Gasteiger partial charge >= 0.3 is 0 Å². The lowest BCUT2D eigenvalue weighted by Crippen LogP contribution is -2.54. The van der Waals surface area contributed by atoms with Crippen molar-refractivity contribution in [2.24, 2.45) is 5.41 Å². The maximum atomic E-state index is 14.8. The molecular weight excluding hydrogens is 581 g/mol. The molecule has 0 amide bonds. The molecule has 0 saturated heterocycles. The molecule has 0 spiro atoms. The van der Waals surface area contributed by atoms with Crippen LogP contribution in [-0.4, -0.2) is 75.2 Å². The minimum atomic E-state index is -1.12. The molecule has 4 N–H and O–H groups in total. The van der Waals surface area contributed by atoms with Crippen molar-refractivity contribution in [1.82, 2.24) is 4.90 Å². The predicted octanol–water partition coefficient (Wildman–Crippen LogP) is 6.01. The lowest BCUT2D eigenvalue weighted by atomic mass is 9.64. The van der Waals surface area contributed by atoms with Gasteiger partial charge in [0.05, 0.1) is 24.4 Å². The average molecular weight is 630 g/mol. The van der Waals surface area contributed by atoms with Crippen LogP contribution in [0.4, 0.5) is 4.39 Å². The lowest BCUT2D eigenvalue weighted by Gasteiger charge is -2.46. The molecule has 5 rings (SSSR count). The highest BCUT2D eigenvalue weighted by atomic mass is 35.5. The molecule has 44 heavy (non-hydrogen) atoms. The zero-order chi connectivity index (χ0) is 32.1. The number of hydrogen-bond acceptors (Lipinski definition) is 6. The third-order valence-electron chi connectivity index (χ3n) is 10.1. The first kappa shape index (κ1) is 34.7. The number of benzene rings is 2. The van der Waals surface area contributed by atoms with Crippen LogP contribution in [0.15, 0.2) is 48.0 Å². The largest absolute Gasteiger partial charge is 0.394 e. The van der Waals surface area contributed by atoms with E-state index in [1.165, 1.54) is 17.7 Å². The molecule has 2 aromatic carbocycles. The molecule has 1 fully saturated rings. The summed E-state index contributed by atoms with van der Waals surface area (Å²) in [4.78, 5) is 16.1. The van der Waals surface area contributed by atoms with Gasteiger partial charge < -0.3 is 20.4 Å². The number of ketones is 1. The Hall–Kier alpha value is -2.13. The SMILES string of the molecule is CCCN(CC(O)CO)CC1(O)CCC2c3ccc(cc3C(=O)Cc3c(F)cccc3Cl)CC(O)CCC(C)=CCCC21C. The van der Waals surface area contributed by atoms with Gasteiger partial charge in [-0.25, -0.2) is 4.39 Å². The summed E-state index contributed by atoms with van der Waals surface area (Å²) in [5, 5.41) is 43.3. The van der Waals surface area contributed by atoms with E-state index in [1.54, 1.807) is 6.07 Å². The summed E-state index contributed by atoms with van der Waals surface area (Å²) in [5.74, 6) is -0.934. The first-order chi connectivity index (χ1) is 20.9. The molecule has 0 heterocycles. The standard InChI is InChI=1S/C36H49ClFNO5/c1-4-17-39(21-27(42)22-40)23-36(44)16-14-31-28-13-11-25(18-26(41)12-10-24(2)7-6-15-35(31,36)3)19-29(28)34(43)20-30-32(37)8-5-9-33(30)38/h5,7-9,11,13,19,26-27,31,40-42,44H,4,6,10,12,14-18,20-23H2,1-3H3. The predicted molar refractivity (Wildman–Crippen MR) is 173 cm³/mol. The van der Waals surface area contributed by atoms with Gasteiger partial charge in [-0.1, -0.05) is 55.3 Å². The molecule has 2 bridgehead atoms. The van der Waals surface area contributed by atoms with E-state index in [4.69, 9.17) is 11.6 Å². The van der Waals surface area contributed by atoms with Gasteiger partial charge in [-0.05, 0) is 100 Å². The van der Waals surface area contributed by atoms with E-state index in [9.17, 15) is 29.6 Å². The number of aliphatic hydroxyl groups is 4. The highest BCUT2D eigenvalue weighted by molar-refractivity contribution is 6.31. The number of carbonyl (C=O) groups excluding carboxylic acids is 1. The Kier molecular flexibility index (Phi) is 11.8. The maximum Gasteiger partial charge on any atom is 0.167 e. The van der Waals surface area contributed by atoms with Crippen molar-refractivity contribution in [2.45, 2.75) is 102 Å². The van der Waals surface area contributed by atoms with Crippen molar-refractivity contribution < 1.29 is 29.6 Å². The molecule has 0 radical (unpaired) electrons. The van der Waals surface area contributed by atoms with Crippen LogP contribution in [-0.2, 0) is 12.8 Å². The van der Waals surface area contributed by atoms with Crippen molar-refractivity contribution >= 4 is 17.4 Å². The minimum Gasteiger partial charge on any atom is -0.394 e. The highest BCUT2D eigenvalue weighted by Gasteiger charge is 2.57. The van der Waals surface area contributed by atoms with Gasteiger partial charge in [-0.15, -0.1) is 0 Å². The van der Waals surface area contributed by atoms with Crippen LogP contribution in [0.2, 0.25) is 5.02 Å². The Morgan fingerprint density at radius 3 is 2.68 bits per heavy atom. The fourth-order valence-electron chi connectivity index (χ4n) is 7.48. The number of nitrogens with zero attached hydrogens (tertiary/aromatic N) is 1. The summed E-state index contributed by atoms with van der Waals surface area (Å²) in [6.45, 7) is 7.17. The topological polar surface area (TPSA) is 101 Å². The van der Waals surface area contributed by atoms with E-state index in [0.29, 0.717) is 50.8 Å². The lowest BCUT2D eigenvalue weighted by molar-refractivity contribution is -0.0891. The summed E-state index contributed by atoms with van der Waals surface area (Å²) >= 11 is 6.32. The number of aliphatic hydroxyl groups excluding tert-OH is 3. The zero-order valence-corrected chi connectivity index (χ0v) is 27.1. The number of carbonyl (C=O) groups is 1. The van der Waals surface area contributed by atoms with Crippen LogP contribution in [0.25, 0.3) is 0 Å². The minimum absolute atomic E-state index is 0.161. The summed E-state index contributed by atoms with van der Waals surface area (Å²) < 4.78 is 14.8. The monoisotopic (exact) mass is 629 g/mol. The molecule has 0 aromatic heterocycles. The molecule has 2 aromatic rings. The van der Waals surface area contributed by atoms with Gasteiger partial charge in [0, 0.05) is 41.1 Å². The van der Waals surface area contributed by atoms with Crippen molar-refractivity contribution in [3.05, 3.63) is 81.1 Å². The molecule has 3 aliphatic rings. The van der Waals surface area contributed by atoms with Gasteiger partial charge in [-0.2, -0.15) is 0 Å². The van der Waals surface area contributed by atoms with Crippen molar-refractivity contribution in [3.63, 3.8) is 0 Å². The summed E-state index contributed by atoms with van der Waals surface area (Å²) in [5.41, 5.74) is 1.77. The Morgan fingerprint density at radius 2 is 1.98 bits per heavy atom. The maximum absolute atomic E-state index is 14.8. The Bertz CT molecular complexity index is 1310. The van der Waals surface area contributed by atoms with Crippen LogP contribution in [0.5, 0.6) is 0 Å². The summed E-state index contributed by atoms with van der Waals surface area (Å²) in [6, 6.07) is 10.2. The average Bonchev–Trinajstić information content (AvgIpc) is 3.22. The van der Waals surface area contributed by atoms with Crippen molar-refractivity contribution in [1.29, 1.82) is 0 Å². The van der Waals surface area contributed by atoms with E-state index in [1.807, 2.05) is 23.1 Å². The zero-order valence-electron chi connectivity index (χ0n) is 26.4. The second-order valence-electron chi connectivity index (χ2n) is 13.3. The van der Waals surface area contributed by atoms with Gasteiger partial charge in [0.15, 0.2) is 5.78 Å². The molecule has 0 aliphatic heterocycles. The van der Waals surface area contributed by atoms with Crippen LogP contribution in [0.1, 0.15) is 98.7 Å². The molecule has 5 unspecified atom stereocenters. The van der Waals surface area contributed by atoms with Crippen molar-refractivity contribution in [2.75, 3.05) is 26.2 Å². The van der Waals surface area contributed by atoms with Crippen LogP contribution in [0, 0.1) is 11.2 Å². The first-order valence-electron chi connectivity index (χ1n) is 16.1. The molecule has 3 aliphatic carbocycles. The summed E-state index contributed by atoms with van der Waals surface area (Å²) in [7, 11) is 0. The van der Waals surface area contributed by atoms with Gasteiger partial charge in [0.25, 0.3) is 0 Å². The quantitative estimate of drug-likeness (QED) is 0.190. The van der Waals surface area contributed by atoms with Crippen LogP contribution in [0.3, 0.4) is 0 Å². The molecule has 5 atom stereocenters. The fraction of sp³-hybridized carbons (Fsp3) is 0.583. The number of halogens is 2. The third-order valence-corrected chi connectivity index (χ3v) is 10.4. The summed E-state index contributed by atoms with van der Waals surface area (Å²) in [6.07, 6.45) is 5.71. The Morgan fingerprint density at radius 1 is 1.20 bits per heavy atom. The Balaban J connectivity index is 1.80. The second-order valence-corrected chi connectivity index (χ2v) is 13.7. The number of rotatable bonds is 10. The number of Topliss-reactive ketones (excluding diaryl/α,β-unsaturated/α-hetero) is 1. The first-order valence-corrected chi connectivity index (χ1v) is 16.4. The van der Waals surface area contributed by atoms with E-state index in [0.717, 1.165) is 30.4 Å². The van der Waals surface area contributed by atoms with E-state index >= 15 is 0 Å². The normalized spacial score (nSPS) is 26.7. The number of allylic oxidation sites excluding steroid dienone is 2. The smallest absolute Gasteiger partial charge is 0.167 e. The molecule has 8 heteroatoms. The second kappa shape index (κ2) is 15.0. The fourth-order valence-corrected chi connectivity index (χ4v) is 7.71. The number of hydrogen-bond donors (Lipinski definition) is 4. The molecule has 6 nitrogen and oxygen atoms in total.